The second kappa shape index (κ2) is 7.33. The highest BCUT2D eigenvalue weighted by molar-refractivity contribution is 7.91. The third-order valence-electron chi connectivity index (χ3n) is 5.23. The fraction of sp³-hybridized carbons (Fsp3) is 0.611. The molecule has 2 heterocycles. The topological polar surface area (TPSA) is 66.9 Å². The molecule has 0 spiro atoms. The standard InChI is InChI=1S/C18H26N2O4S/c1-14-3-4-17(11-15(14)2)24-12-18(21)20-8-6-19(7-9-20)16-5-10-25(22,23)13-16/h3-4,11,16H,5-10,12-13H2,1-2H3/t16-/m1/s1. The van der Waals surface area contributed by atoms with Gasteiger partial charge in [-0.15, -0.1) is 0 Å². The lowest BCUT2D eigenvalue weighted by Gasteiger charge is -2.37. The summed E-state index contributed by atoms with van der Waals surface area (Å²) >= 11 is 0. The first-order valence-corrected chi connectivity index (χ1v) is 10.6. The smallest absolute Gasteiger partial charge is 0.260 e. The van der Waals surface area contributed by atoms with Crippen LogP contribution in [0.15, 0.2) is 18.2 Å². The Morgan fingerprint density at radius 3 is 2.48 bits per heavy atom. The maximum absolute atomic E-state index is 12.3. The molecule has 2 fully saturated rings. The Morgan fingerprint density at radius 1 is 1.16 bits per heavy atom. The Labute approximate surface area is 149 Å². The highest BCUT2D eigenvalue weighted by atomic mass is 32.2. The van der Waals surface area contributed by atoms with Crippen LogP contribution in [-0.4, -0.2) is 74.5 Å². The summed E-state index contributed by atoms with van der Waals surface area (Å²) < 4.78 is 28.9. The van der Waals surface area contributed by atoms with Gasteiger partial charge in [-0.25, -0.2) is 8.42 Å². The van der Waals surface area contributed by atoms with E-state index in [1.807, 2.05) is 32.0 Å². The summed E-state index contributed by atoms with van der Waals surface area (Å²) in [5.41, 5.74) is 2.34. The van der Waals surface area contributed by atoms with Gasteiger partial charge in [0.15, 0.2) is 16.4 Å². The number of carbonyl (C=O) groups excluding carboxylic acids is 1. The van der Waals surface area contributed by atoms with Crippen molar-refractivity contribution in [1.82, 2.24) is 9.80 Å². The summed E-state index contributed by atoms with van der Waals surface area (Å²) in [5.74, 6) is 1.25. The second-order valence-corrected chi connectivity index (χ2v) is 9.24. The van der Waals surface area contributed by atoms with Gasteiger partial charge in [0, 0.05) is 32.2 Å². The minimum Gasteiger partial charge on any atom is -0.484 e. The van der Waals surface area contributed by atoms with E-state index in [1.165, 1.54) is 5.56 Å². The van der Waals surface area contributed by atoms with Gasteiger partial charge in [0.2, 0.25) is 0 Å². The summed E-state index contributed by atoms with van der Waals surface area (Å²) in [6.07, 6.45) is 0.714. The molecule has 2 aliphatic heterocycles. The number of aryl methyl sites for hydroxylation is 2. The molecule has 1 amide bonds. The molecule has 3 rings (SSSR count). The molecule has 0 N–H and O–H groups in total. The molecule has 2 saturated heterocycles. The van der Waals surface area contributed by atoms with Gasteiger partial charge in [-0.2, -0.15) is 0 Å². The molecule has 7 heteroatoms. The molecule has 1 atom stereocenters. The number of hydrogen-bond donors (Lipinski definition) is 0. The monoisotopic (exact) mass is 366 g/mol. The number of ether oxygens (including phenoxy) is 1. The maximum atomic E-state index is 12.3. The molecule has 0 aromatic heterocycles. The van der Waals surface area contributed by atoms with Crippen LogP contribution in [0, 0.1) is 13.8 Å². The maximum Gasteiger partial charge on any atom is 0.260 e. The van der Waals surface area contributed by atoms with Gasteiger partial charge in [0.1, 0.15) is 5.75 Å². The van der Waals surface area contributed by atoms with Crippen molar-refractivity contribution in [3.8, 4) is 5.75 Å². The minimum absolute atomic E-state index is 0.0167. The van der Waals surface area contributed by atoms with Crippen LogP contribution in [-0.2, 0) is 14.6 Å². The molecule has 1 aromatic carbocycles. The van der Waals surface area contributed by atoms with Crippen molar-refractivity contribution in [2.45, 2.75) is 26.3 Å². The molecule has 0 radical (unpaired) electrons. The molecule has 2 aliphatic rings. The number of rotatable bonds is 4. The lowest BCUT2D eigenvalue weighted by Crippen LogP contribution is -2.53. The average Bonchev–Trinajstić information content (AvgIpc) is 2.96. The predicted octanol–water partition coefficient (Wildman–Crippen LogP) is 1.01. The van der Waals surface area contributed by atoms with E-state index < -0.39 is 9.84 Å². The molecular weight excluding hydrogens is 340 g/mol. The van der Waals surface area contributed by atoms with Gasteiger partial charge in [-0.3, -0.25) is 9.69 Å². The van der Waals surface area contributed by atoms with Gasteiger partial charge in [0.25, 0.3) is 5.91 Å². The van der Waals surface area contributed by atoms with Crippen molar-refractivity contribution in [2.75, 3.05) is 44.3 Å². The van der Waals surface area contributed by atoms with Gasteiger partial charge in [-0.05, 0) is 43.5 Å². The first-order chi connectivity index (χ1) is 11.8. The number of sulfone groups is 1. The summed E-state index contributed by atoms with van der Waals surface area (Å²) in [6, 6.07) is 5.94. The Hall–Kier alpha value is -1.60. The molecule has 0 aliphatic carbocycles. The van der Waals surface area contributed by atoms with E-state index >= 15 is 0 Å². The van der Waals surface area contributed by atoms with Crippen LogP contribution in [0.25, 0.3) is 0 Å². The van der Waals surface area contributed by atoms with E-state index in [2.05, 4.69) is 4.90 Å². The molecule has 25 heavy (non-hydrogen) atoms. The number of hydrogen-bond acceptors (Lipinski definition) is 5. The zero-order chi connectivity index (χ0) is 18.0. The Morgan fingerprint density at radius 2 is 1.88 bits per heavy atom. The fourth-order valence-electron chi connectivity index (χ4n) is 3.44. The van der Waals surface area contributed by atoms with Crippen molar-refractivity contribution in [3.05, 3.63) is 29.3 Å². The lowest BCUT2D eigenvalue weighted by atomic mass is 10.1. The zero-order valence-electron chi connectivity index (χ0n) is 14.9. The molecule has 138 valence electrons. The van der Waals surface area contributed by atoms with E-state index in [4.69, 9.17) is 4.74 Å². The van der Waals surface area contributed by atoms with Crippen molar-refractivity contribution in [1.29, 1.82) is 0 Å². The predicted molar refractivity (Wildman–Crippen MR) is 96.6 cm³/mol. The van der Waals surface area contributed by atoms with Crippen LogP contribution in [0.2, 0.25) is 0 Å². The summed E-state index contributed by atoms with van der Waals surface area (Å²) in [6.45, 7) is 6.83. The zero-order valence-corrected chi connectivity index (χ0v) is 15.7. The fourth-order valence-corrected chi connectivity index (χ4v) is 5.20. The molecule has 0 unspecified atom stereocenters. The first kappa shape index (κ1) is 18.2. The summed E-state index contributed by atoms with van der Waals surface area (Å²) in [4.78, 5) is 16.4. The molecule has 1 aromatic rings. The van der Waals surface area contributed by atoms with E-state index in [0.29, 0.717) is 31.0 Å². The quantitative estimate of drug-likeness (QED) is 0.796. The van der Waals surface area contributed by atoms with E-state index in [-0.39, 0.29) is 24.3 Å². The average molecular weight is 366 g/mol. The Balaban J connectivity index is 1.46. The van der Waals surface area contributed by atoms with E-state index in [1.54, 1.807) is 4.90 Å². The highest BCUT2D eigenvalue weighted by Gasteiger charge is 2.34. The number of carbonyl (C=O) groups is 1. The SMILES string of the molecule is Cc1ccc(OCC(=O)N2CCN([C@@H]3CCS(=O)(=O)C3)CC2)cc1C. The molecule has 0 saturated carbocycles. The van der Waals surface area contributed by atoms with E-state index in [0.717, 1.165) is 18.7 Å². The second-order valence-electron chi connectivity index (χ2n) is 7.01. The van der Waals surface area contributed by atoms with Crippen LogP contribution in [0.1, 0.15) is 17.5 Å². The number of piperazine rings is 1. The van der Waals surface area contributed by atoms with Crippen LogP contribution in [0.3, 0.4) is 0 Å². The summed E-state index contributed by atoms with van der Waals surface area (Å²) in [7, 11) is -2.86. The normalized spacial score (nSPS) is 23.6. The molecular formula is C18H26N2O4S. The third kappa shape index (κ3) is 4.52. The van der Waals surface area contributed by atoms with Crippen LogP contribution >= 0.6 is 0 Å². The van der Waals surface area contributed by atoms with Crippen LogP contribution < -0.4 is 4.74 Å². The van der Waals surface area contributed by atoms with Crippen molar-refractivity contribution >= 4 is 15.7 Å². The molecule has 6 nitrogen and oxygen atoms in total. The lowest BCUT2D eigenvalue weighted by molar-refractivity contribution is -0.135. The van der Waals surface area contributed by atoms with E-state index in [9.17, 15) is 13.2 Å². The van der Waals surface area contributed by atoms with Crippen LogP contribution in [0.5, 0.6) is 5.75 Å². The number of nitrogens with zero attached hydrogens (tertiary/aromatic N) is 2. The van der Waals surface area contributed by atoms with Gasteiger partial charge in [0.05, 0.1) is 11.5 Å². The Bertz CT molecular complexity index is 739. The molecule has 0 bridgehead atoms. The van der Waals surface area contributed by atoms with Crippen molar-refractivity contribution in [3.63, 3.8) is 0 Å². The van der Waals surface area contributed by atoms with Crippen LogP contribution in [0.4, 0.5) is 0 Å². The minimum atomic E-state index is -2.86. The number of benzene rings is 1. The van der Waals surface area contributed by atoms with Gasteiger partial charge < -0.3 is 9.64 Å². The highest BCUT2D eigenvalue weighted by Crippen LogP contribution is 2.20. The van der Waals surface area contributed by atoms with Crippen molar-refractivity contribution in [2.24, 2.45) is 0 Å². The van der Waals surface area contributed by atoms with Gasteiger partial charge in [-0.1, -0.05) is 6.07 Å². The van der Waals surface area contributed by atoms with Gasteiger partial charge >= 0.3 is 0 Å². The van der Waals surface area contributed by atoms with Crippen molar-refractivity contribution < 1.29 is 17.9 Å². The first-order valence-electron chi connectivity index (χ1n) is 8.76. The Kier molecular flexibility index (Phi) is 5.34. The summed E-state index contributed by atoms with van der Waals surface area (Å²) in [5, 5.41) is 0. The third-order valence-corrected chi connectivity index (χ3v) is 6.98. The number of amides is 1. The largest absolute Gasteiger partial charge is 0.484 e.